The van der Waals surface area contributed by atoms with E-state index in [0.29, 0.717) is 27.0 Å². The van der Waals surface area contributed by atoms with Crippen LogP contribution in [0.3, 0.4) is 0 Å². The monoisotopic (exact) mass is 391 g/mol. The molecule has 1 aromatic heterocycles. The lowest BCUT2D eigenvalue weighted by Gasteiger charge is -2.18. The Hall–Kier alpha value is -2.84. The van der Waals surface area contributed by atoms with Crippen LogP contribution in [-0.2, 0) is 0 Å². The second kappa shape index (κ2) is 7.59. The molecule has 0 aliphatic rings. The van der Waals surface area contributed by atoms with E-state index in [-0.39, 0.29) is 17.9 Å². The Labute approximate surface area is 159 Å². The van der Waals surface area contributed by atoms with E-state index < -0.39 is 0 Å². The largest absolute Gasteiger partial charge is 0.397 e. The Bertz CT molecular complexity index is 913. The summed E-state index contributed by atoms with van der Waals surface area (Å²) in [4.78, 5) is 12.1. The van der Waals surface area contributed by atoms with Gasteiger partial charge in [0.15, 0.2) is 0 Å². The number of carbonyl (C=O) groups excluding carboxylic acids is 1. The zero-order chi connectivity index (χ0) is 18.7. The highest BCUT2D eigenvalue weighted by Crippen LogP contribution is 2.32. The Morgan fingerprint density at radius 1 is 1.19 bits per heavy atom. The van der Waals surface area contributed by atoms with Gasteiger partial charge in [0.1, 0.15) is 0 Å². The number of tetrazole rings is 1. The Kier molecular flexibility index (Phi) is 5.24. The first kappa shape index (κ1) is 18.0. The van der Waals surface area contributed by atoms with E-state index in [1.54, 1.807) is 24.3 Å². The van der Waals surface area contributed by atoms with Gasteiger partial charge in [0.2, 0.25) is 5.95 Å². The van der Waals surface area contributed by atoms with Crippen LogP contribution >= 0.6 is 23.2 Å². The van der Waals surface area contributed by atoms with Crippen molar-refractivity contribution in [3.8, 4) is 0 Å². The third-order valence-corrected chi connectivity index (χ3v) is 4.44. The second-order valence-corrected chi connectivity index (χ2v) is 6.36. The first-order chi connectivity index (χ1) is 12.4. The van der Waals surface area contributed by atoms with E-state index >= 15 is 0 Å². The molecule has 0 radical (unpaired) electrons. The van der Waals surface area contributed by atoms with Crippen molar-refractivity contribution in [3.05, 3.63) is 57.6 Å². The number of nitrogens with two attached hydrogens (primary N) is 1. The molecular weight excluding hydrogens is 377 g/mol. The van der Waals surface area contributed by atoms with Crippen LogP contribution in [0.25, 0.3) is 0 Å². The van der Waals surface area contributed by atoms with Gasteiger partial charge in [-0.05, 0) is 47.2 Å². The van der Waals surface area contributed by atoms with Crippen molar-refractivity contribution in [3.63, 3.8) is 0 Å². The highest BCUT2D eigenvalue weighted by atomic mass is 35.5. The maximum absolute atomic E-state index is 12.1. The summed E-state index contributed by atoms with van der Waals surface area (Å²) in [5.74, 6) is -0.131. The molecule has 0 aliphatic heterocycles. The number of rotatable bonds is 5. The SMILES string of the molecule is CC(Nc1cc(Cl)c(Cl)cc1N)c1ccc(C(=O)Nc2nnn[nH]2)cc1. The number of hydrogen-bond donors (Lipinski definition) is 4. The molecular formula is C16H15Cl2N7O. The number of halogens is 2. The van der Waals surface area contributed by atoms with Crippen LogP contribution in [0, 0.1) is 0 Å². The molecule has 0 aliphatic carbocycles. The van der Waals surface area contributed by atoms with Gasteiger partial charge in [0, 0.05) is 11.6 Å². The van der Waals surface area contributed by atoms with Gasteiger partial charge >= 0.3 is 0 Å². The molecule has 10 heteroatoms. The average molecular weight is 392 g/mol. The smallest absolute Gasteiger partial charge is 0.258 e. The molecule has 3 rings (SSSR count). The van der Waals surface area contributed by atoms with E-state index in [2.05, 4.69) is 31.3 Å². The molecule has 26 heavy (non-hydrogen) atoms. The normalized spacial score (nSPS) is 11.8. The minimum absolute atomic E-state index is 0.0647. The predicted octanol–water partition coefficient (Wildman–Crippen LogP) is 3.51. The van der Waals surface area contributed by atoms with Gasteiger partial charge in [-0.15, -0.1) is 0 Å². The highest BCUT2D eigenvalue weighted by molar-refractivity contribution is 6.42. The van der Waals surface area contributed by atoms with Crippen molar-refractivity contribution < 1.29 is 4.79 Å². The van der Waals surface area contributed by atoms with E-state index in [9.17, 15) is 4.79 Å². The number of aromatic nitrogens is 4. The summed E-state index contributed by atoms with van der Waals surface area (Å²) in [7, 11) is 0. The van der Waals surface area contributed by atoms with Gasteiger partial charge in [-0.25, -0.2) is 5.10 Å². The van der Waals surface area contributed by atoms with Crippen molar-refractivity contribution in [2.45, 2.75) is 13.0 Å². The molecule has 1 unspecified atom stereocenters. The lowest BCUT2D eigenvalue weighted by molar-refractivity contribution is 0.102. The average Bonchev–Trinajstić information content (AvgIpc) is 3.12. The lowest BCUT2D eigenvalue weighted by Crippen LogP contribution is -2.14. The molecule has 0 saturated heterocycles. The van der Waals surface area contributed by atoms with Crippen LogP contribution in [0.15, 0.2) is 36.4 Å². The third kappa shape index (κ3) is 4.04. The highest BCUT2D eigenvalue weighted by Gasteiger charge is 2.12. The van der Waals surface area contributed by atoms with Crippen molar-refractivity contribution in [1.82, 2.24) is 20.6 Å². The summed E-state index contributed by atoms with van der Waals surface area (Å²) in [5.41, 5.74) is 8.60. The van der Waals surface area contributed by atoms with Crippen molar-refractivity contribution in [2.24, 2.45) is 0 Å². The Balaban J connectivity index is 1.70. The number of nitrogens with one attached hydrogen (secondary N) is 3. The minimum Gasteiger partial charge on any atom is -0.397 e. The van der Waals surface area contributed by atoms with Crippen LogP contribution in [0.4, 0.5) is 17.3 Å². The number of anilines is 3. The number of hydrogen-bond acceptors (Lipinski definition) is 6. The van der Waals surface area contributed by atoms with Gasteiger partial charge < -0.3 is 11.1 Å². The van der Waals surface area contributed by atoms with Crippen LogP contribution in [0.2, 0.25) is 10.0 Å². The van der Waals surface area contributed by atoms with E-state index in [1.165, 1.54) is 0 Å². The third-order valence-electron chi connectivity index (χ3n) is 3.71. The molecule has 2 aromatic carbocycles. The van der Waals surface area contributed by atoms with Crippen molar-refractivity contribution >= 4 is 46.4 Å². The molecule has 0 saturated carbocycles. The summed E-state index contributed by atoms with van der Waals surface area (Å²) in [6.45, 7) is 1.97. The van der Waals surface area contributed by atoms with Crippen LogP contribution in [-0.4, -0.2) is 26.5 Å². The topological polar surface area (TPSA) is 122 Å². The molecule has 0 fully saturated rings. The number of carbonyl (C=O) groups is 1. The molecule has 8 nitrogen and oxygen atoms in total. The predicted molar refractivity (Wildman–Crippen MR) is 101 cm³/mol. The molecule has 0 spiro atoms. The summed E-state index contributed by atoms with van der Waals surface area (Å²) >= 11 is 12.0. The van der Waals surface area contributed by atoms with E-state index in [4.69, 9.17) is 28.9 Å². The molecule has 3 aromatic rings. The van der Waals surface area contributed by atoms with E-state index in [0.717, 1.165) is 5.56 Å². The Morgan fingerprint density at radius 3 is 2.54 bits per heavy atom. The fraction of sp³-hybridized carbons (Fsp3) is 0.125. The van der Waals surface area contributed by atoms with Gasteiger partial charge in [0.25, 0.3) is 5.91 Å². The second-order valence-electron chi connectivity index (χ2n) is 5.55. The summed E-state index contributed by atoms with van der Waals surface area (Å²) < 4.78 is 0. The van der Waals surface area contributed by atoms with Gasteiger partial charge in [-0.2, -0.15) is 0 Å². The van der Waals surface area contributed by atoms with Gasteiger partial charge in [-0.1, -0.05) is 40.4 Å². The number of aromatic amines is 1. The lowest BCUT2D eigenvalue weighted by atomic mass is 10.1. The maximum atomic E-state index is 12.1. The van der Waals surface area contributed by atoms with Gasteiger partial charge in [0.05, 0.1) is 21.4 Å². The molecule has 1 heterocycles. The summed E-state index contributed by atoms with van der Waals surface area (Å²) in [5, 5.41) is 19.5. The summed E-state index contributed by atoms with van der Waals surface area (Å²) in [6, 6.07) is 10.3. The minimum atomic E-state index is -0.315. The Morgan fingerprint density at radius 2 is 1.88 bits per heavy atom. The molecule has 5 N–H and O–H groups in total. The molecule has 1 atom stereocenters. The number of nitrogens with zero attached hydrogens (tertiary/aromatic N) is 3. The van der Waals surface area contributed by atoms with Crippen LogP contribution < -0.4 is 16.4 Å². The fourth-order valence-corrected chi connectivity index (χ4v) is 2.65. The number of H-pyrrole nitrogens is 1. The standard InChI is InChI=1S/C16H15Cl2N7O/c1-8(20-14-7-12(18)11(17)6-13(14)19)9-2-4-10(5-3-9)15(26)21-16-22-24-25-23-16/h2-8,20H,19H2,1H3,(H2,21,22,23,24,25,26). The quantitative estimate of drug-likeness (QED) is 0.493. The number of amides is 1. The van der Waals surface area contributed by atoms with Crippen molar-refractivity contribution in [1.29, 1.82) is 0 Å². The fourth-order valence-electron chi connectivity index (χ4n) is 2.32. The molecule has 1 amide bonds. The van der Waals surface area contributed by atoms with Gasteiger partial charge in [-0.3, -0.25) is 10.1 Å². The molecule has 134 valence electrons. The van der Waals surface area contributed by atoms with E-state index in [1.807, 2.05) is 19.1 Å². The number of nitrogen functional groups attached to an aromatic ring is 1. The maximum Gasteiger partial charge on any atom is 0.258 e. The molecule has 0 bridgehead atoms. The van der Waals surface area contributed by atoms with Crippen LogP contribution in [0.1, 0.15) is 28.9 Å². The zero-order valence-electron chi connectivity index (χ0n) is 13.6. The number of benzene rings is 2. The first-order valence-corrected chi connectivity index (χ1v) is 8.35. The van der Waals surface area contributed by atoms with Crippen LogP contribution in [0.5, 0.6) is 0 Å². The summed E-state index contributed by atoms with van der Waals surface area (Å²) in [6.07, 6.45) is 0. The zero-order valence-corrected chi connectivity index (χ0v) is 15.1. The van der Waals surface area contributed by atoms with Crippen molar-refractivity contribution in [2.75, 3.05) is 16.4 Å². The first-order valence-electron chi connectivity index (χ1n) is 7.60.